The Kier molecular flexibility index (Phi) is 7.68. The molecule has 0 saturated carbocycles. The van der Waals surface area contributed by atoms with Crippen molar-refractivity contribution in [2.45, 2.75) is 86.0 Å². The topological polar surface area (TPSA) is 24.4 Å². The molecule has 0 saturated heterocycles. The monoisotopic (exact) mass is 410 g/mol. The predicted molar refractivity (Wildman–Crippen MR) is 132 cm³/mol. The molecular weight excluding hydrogens is 371 g/mol. The number of hydrogen-bond acceptors (Lipinski definition) is 1. The summed E-state index contributed by atoms with van der Waals surface area (Å²) < 4.78 is 0. The first-order valence-electron chi connectivity index (χ1n) is 10.7. The maximum absolute atomic E-state index is 5.21. The van der Waals surface area contributed by atoms with E-state index in [0.29, 0.717) is 11.3 Å². The van der Waals surface area contributed by atoms with Crippen molar-refractivity contribution in [1.29, 1.82) is 0 Å². The third-order valence-corrected chi connectivity index (χ3v) is 7.95. The van der Waals surface area contributed by atoms with E-state index < -0.39 is 0 Å². The highest BCUT2D eigenvalue weighted by Gasteiger charge is 2.21. The van der Waals surface area contributed by atoms with E-state index in [1.165, 1.54) is 22.3 Å². The van der Waals surface area contributed by atoms with Crippen molar-refractivity contribution in [2.75, 3.05) is 0 Å². The molecule has 0 aromatic heterocycles. The fourth-order valence-electron chi connectivity index (χ4n) is 3.52. The van der Waals surface area contributed by atoms with Gasteiger partial charge < -0.3 is 5.09 Å². The molecule has 0 fully saturated rings. The minimum absolute atomic E-state index is 0.138. The summed E-state index contributed by atoms with van der Waals surface area (Å²) in [7, 11) is -0.370. The third kappa shape index (κ3) is 6.16. The van der Waals surface area contributed by atoms with Crippen LogP contribution >= 0.6 is 8.07 Å². The standard InChI is InChI=1S/C26H39N2P/c1-17(2)29(18(3)4)28-25(22-13-11-19(5)12-14-22)27-24-20(6)15-23(16-21(24)7)26(8,9)10/h11-18H,1-10H3,(H,27,28). The normalized spacial score (nSPS) is 12.9. The van der Waals surface area contributed by atoms with Crippen LogP contribution < -0.4 is 5.09 Å². The van der Waals surface area contributed by atoms with Crippen LogP contribution in [0.15, 0.2) is 41.4 Å². The van der Waals surface area contributed by atoms with Gasteiger partial charge in [-0.2, -0.15) is 0 Å². The lowest BCUT2D eigenvalue weighted by Crippen LogP contribution is -2.26. The molecule has 0 radical (unpaired) electrons. The Balaban J connectivity index is 2.59. The van der Waals surface area contributed by atoms with Gasteiger partial charge in [0.05, 0.1) is 5.69 Å². The van der Waals surface area contributed by atoms with Gasteiger partial charge in [-0.1, -0.05) is 90.4 Å². The number of rotatable bonds is 5. The molecule has 2 aromatic rings. The van der Waals surface area contributed by atoms with Crippen molar-refractivity contribution >= 4 is 19.6 Å². The van der Waals surface area contributed by atoms with E-state index in [2.05, 4.69) is 111 Å². The number of nitrogens with one attached hydrogen (secondary N) is 1. The lowest BCUT2D eigenvalue weighted by atomic mass is 9.85. The molecule has 0 aliphatic rings. The zero-order chi connectivity index (χ0) is 21.9. The summed E-state index contributed by atoms with van der Waals surface area (Å²) in [5, 5.41) is 3.85. The molecule has 0 atom stereocenters. The Hall–Kier alpha value is -1.66. The van der Waals surface area contributed by atoms with Crippen LogP contribution in [-0.2, 0) is 5.41 Å². The highest BCUT2D eigenvalue weighted by atomic mass is 31.1. The van der Waals surface area contributed by atoms with Crippen LogP contribution in [0.1, 0.15) is 76.3 Å². The van der Waals surface area contributed by atoms with Crippen LogP contribution in [0.2, 0.25) is 0 Å². The van der Waals surface area contributed by atoms with E-state index >= 15 is 0 Å². The molecule has 0 spiro atoms. The Labute approximate surface area is 180 Å². The Morgan fingerprint density at radius 2 is 1.34 bits per heavy atom. The van der Waals surface area contributed by atoms with Crippen molar-refractivity contribution in [3.63, 3.8) is 0 Å². The Morgan fingerprint density at radius 3 is 1.76 bits per heavy atom. The van der Waals surface area contributed by atoms with Crippen LogP contribution in [0.4, 0.5) is 5.69 Å². The van der Waals surface area contributed by atoms with Gasteiger partial charge in [-0.15, -0.1) is 0 Å². The molecule has 3 heteroatoms. The molecule has 1 N–H and O–H groups in total. The van der Waals surface area contributed by atoms with E-state index in [-0.39, 0.29) is 13.5 Å². The average molecular weight is 411 g/mol. The summed E-state index contributed by atoms with van der Waals surface area (Å²) in [4.78, 5) is 5.21. The molecule has 0 heterocycles. The summed E-state index contributed by atoms with van der Waals surface area (Å²) in [6.45, 7) is 22.5. The van der Waals surface area contributed by atoms with Crippen molar-refractivity contribution in [2.24, 2.45) is 4.99 Å². The molecule has 0 bridgehead atoms. The molecule has 0 aliphatic heterocycles. The van der Waals surface area contributed by atoms with Crippen molar-refractivity contribution in [3.05, 3.63) is 64.2 Å². The lowest BCUT2D eigenvalue weighted by Gasteiger charge is -2.28. The first kappa shape index (κ1) is 23.6. The van der Waals surface area contributed by atoms with Crippen molar-refractivity contribution in [1.82, 2.24) is 5.09 Å². The highest BCUT2D eigenvalue weighted by Crippen LogP contribution is 2.42. The largest absolute Gasteiger partial charge is 0.348 e. The van der Waals surface area contributed by atoms with Crippen LogP contribution in [0, 0.1) is 20.8 Å². The average Bonchev–Trinajstić information content (AvgIpc) is 2.59. The summed E-state index contributed by atoms with van der Waals surface area (Å²) in [6.07, 6.45) is 0. The van der Waals surface area contributed by atoms with Gasteiger partial charge in [-0.25, -0.2) is 4.99 Å². The highest BCUT2D eigenvalue weighted by molar-refractivity contribution is 7.57. The number of aryl methyl sites for hydroxylation is 3. The number of nitrogens with zero attached hydrogens (tertiary/aromatic N) is 1. The van der Waals surface area contributed by atoms with Crippen LogP contribution in [0.3, 0.4) is 0 Å². The van der Waals surface area contributed by atoms with E-state index in [1.54, 1.807) is 0 Å². The van der Waals surface area contributed by atoms with Gasteiger partial charge in [-0.05, 0) is 62.3 Å². The molecule has 0 aliphatic carbocycles. The minimum Gasteiger partial charge on any atom is -0.348 e. The second-order valence-electron chi connectivity index (χ2n) is 9.74. The van der Waals surface area contributed by atoms with Crippen LogP contribution in [0.25, 0.3) is 0 Å². The van der Waals surface area contributed by atoms with Crippen LogP contribution in [0.5, 0.6) is 0 Å². The summed E-state index contributed by atoms with van der Waals surface area (Å²) >= 11 is 0. The molecule has 29 heavy (non-hydrogen) atoms. The summed E-state index contributed by atoms with van der Waals surface area (Å²) in [5.41, 5.74) is 8.66. The Morgan fingerprint density at radius 1 is 0.862 bits per heavy atom. The van der Waals surface area contributed by atoms with Gasteiger partial charge in [0, 0.05) is 5.56 Å². The second-order valence-corrected chi connectivity index (χ2v) is 12.8. The number of amidine groups is 1. The molecular formula is C26H39N2P. The molecule has 2 nitrogen and oxygen atoms in total. The quantitative estimate of drug-likeness (QED) is 0.304. The fraction of sp³-hybridized carbons (Fsp3) is 0.500. The van der Waals surface area contributed by atoms with Crippen LogP contribution in [-0.4, -0.2) is 17.2 Å². The summed E-state index contributed by atoms with van der Waals surface area (Å²) in [5.74, 6) is 0.994. The lowest BCUT2D eigenvalue weighted by molar-refractivity contribution is 0.589. The van der Waals surface area contributed by atoms with Gasteiger partial charge in [0.15, 0.2) is 0 Å². The smallest absolute Gasteiger partial charge is 0.137 e. The van der Waals surface area contributed by atoms with Gasteiger partial charge in [0.2, 0.25) is 0 Å². The first-order chi connectivity index (χ1) is 13.4. The number of aliphatic imine (C=N–C) groups is 1. The predicted octanol–water partition coefficient (Wildman–Crippen LogP) is 7.79. The minimum atomic E-state index is -0.370. The van der Waals surface area contributed by atoms with Gasteiger partial charge in [0.1, 0.15) is 5.84 Å². The van der Waals surface area contributed by atoms with Gasteiger partial charge >= 0.3 is 0 Å². The summed E-state index contributed by atoms with van der Waals surface area (Å²) in [6, 6.07) is 13.3. The maximum Gasteiger partial charge on any atom is 0.137 e. The SMILES string of the molecule is Cc1ccc(C(=Nc2c(C)cc(C(C)(C)C)cc2C)NP(C(C)C)C(C)C)cc1. The van der Waals surface area contributed by atoms with Gasteiger partial charge in [-0.3, -0.25) is 0 Å². The van der Waals surface area contributed by atoms with E-state index in [0.717, 1.165) is 17.1 Å². The zero-order valence-electron chi connectivity index (χ0n) is 20.0. The van der Waals surface area contributed by atoms with Gasteiger partial charge in [0.25, 0.3) is 0 Å². The molecule has 0 amide bonds. The van der Waals surface area contributed by atoms with E-state index in [9.17, 15) is 0 Å². The van der Waals surface area contributed by atoms with Crippen molar-refractivity contribution in [3.8, 4) is 0 Å². The molecule has 2 rings (SSSR count). The molecule has 2 aromatic carbocycles. The maximum atomic E-state index is 5.21. The van der Waals surface area contributed by atoms with E-state index in [1.807, 2.05) is 0 Å². The van der Waals surface area contributed by atoms with E-state index in [4.69, 9.17) is 4.99 Å². The zero-order valence-corrected chi connectivity index (χ0v) is 20.9. The molecule has 158 valence electrons. The second kappa shape index (κ2) is 9.43. The fourth-order valence-corrected chi connectivity index (χ4v) is 5.65. The first-order valence-corrected chi connectivity index (χ1v) is 12.2. The Bertz CT molecular complexity index is 824. The molecule has 0 unspecified atom stereocenters. The third-order valence-electron chi connectivity index (χ3n) is 5.25. The number of benzene rings is 2. The van der Waals surface area contributed by atoms with Crippen molar-refractivity contribution < 1.29 is 0 Å². The number of hydrogen-bond donors (Lipinski definition) is 1.